The third kappa shape index (κ3) is 3.34. The molecule has 1 saturated heterocycles. The zero-order chi connectivity index (χ0) is 17.0. The van der Waals surface area contributed by atoms with Gasteiger partial charge in [0.05, 0.1) is 0 Å². The number of nitrogens with one attached hydrogen (secondary N) is 3. The zero-order valence-electron chi connectivity index (χ0n) is 13.2. The highest BCUT2D eigenvalue weighted by atomic mass is 32.1. The Bertz CT molecular complexity index is 647. The third-order valence-corrected chi connectivity index (χ3v) is 3.89. The second-order valence-corrected chi connectivity index (χ2v) is 5.86. The molecule has 2 rings (SSSR count). The van der Waals surface area contributed by atoms with Crippen LogP contribution in [0.1, 0.15) is 25.8 Å². The first-order chi connectivity index (χ1) is 10.9. The number of nitrogens with zero attached hydrogens (tertiary/aromatic N) is 1. The van der Waals surface area contributed by atoms with Gasteiger partial charge in [0, 0.05) is 6.54 Å². The quantitative estimate of drug-likeness (QED) is 0.436. The molecule has 1 aliphatic heterocycles. The van der Waals surface area contributed by atoms with E-state index in [2.05, 4.69) is 22.6 Å². The number of rotatable bonds is 5. The highest BCUT2D eigenvalue weighted by Gasteiger charge is 2.51. The molecule has 1 heterocycles. The first kappa shape index (κ1) is 17.0. The average Bonchev–Trinajstić information content (AvgIpc) is 2.79. The monoisotopic (exact) mass is 332 g/mol. The average molecular weight is 332 g/mol. The summed E-state index contributed by atoms with van der Waals surface area (Å²) in [5, 5.41) is 6.77. The minimum Gasteiger partial charge on any atom is -0.358 e. The highest BCUT2D eigenvalue weighted by molar-refractivity contribution is 7.80. The standard InChI is InChI=1S/C16H20N4O2S/c1-4-16(12-8-6-5-7-9-12)13(21)20(15(22)18-16)19-14(23)17-10-11(2)3/h5-9H,2,4,10H2,1,3H3,(H,18,22)(H2,17,19,23)/t16-/m1/s1. The first-order valence-corrected chi connectivity index (χ1v) is 7.72. The van der Waals surface area contributed by atoms with E-state index in [1.165, 1.54) is 0 Å². The second-order valence-electron chi connectivity index (χ2n) is 5.45. The van der Waals surface area contributed by atoms with Gasteiger partial charge < -0.3 is 10.6 Å². The highest BCUT2D eigenvalue weighted by Crippen LogP contribution is 2.31. The van der Waals surface area contributed by atoms with E-state index in [0.717, 1.165) is 16.1 Å². The normalized spacial score (nSPS) is 20.2. The second kappa shape index (κ2) is 6.78. The number of carbonyl (C=O) groups excluding carboxylic acids is 2. The van der Waals surface area contributed by atoms with Gasteiger partial charge in [-0.25, -0.2) is 4.79 Å². The van der Waals surface area contributed by atoms with Crippen molar-refractivity contribution in [3.63, 3.8) is 0 Å². The lowest BCUT2D eigenvalue weighted by atomic mass is 9.87. The molecule has 6 nitrogen and oxygen atoms in total. The van der Waals surface area contributed by atoms with E-state index >= 15 is 0 Å². The van der Waals surface area contributed by atoms with E-state index in [1.54, 1.807) is 0 Å². The molecular weight excluding hydrogens is 312 g/mol. The third-order valence-electron chi connectivity index (χ3n) is 3.65. The van der Waals surface area contributed by atoms with E-state index in [1.807, 2.05) is 44.2 Å². The largest absolute Gasteiger partial charge is 0.358 e. The zero-order valence-corrected chi connectivity index (χ0v) is 14.0. The molecule has 0 bridgehead atoms. The van der Waals surface area contributed by atoms with E-state index in [4.69, 9.17) is 12.2 Å². The molecule has 0 aromatic heterocycles. The maximum absolute atomic E-state index is 12.8. The van der Waals surface area contributed by atoms with Gasteiger partial charge in [0.1, 0.15) is 5.54 Å². The molecule has 0 radical (unpaired) electrons. The number of amides is 3. The minimum atomic E-state index is -1.07. The van der Waals surface area contributed by atoms with Gasteiger partial charge in [-0.2, -0.15) is 5.01 Å². The van der Waals surface area contributed by atoms with Gasteiger partial charge in [0.25, 0.3) is 5.91 Å². The fourth-order valence-electron chi connectivity index (χ4n) is 2.41. The molecule has 3 N–H and O–H groups in total. The summed E-state index contributed by atoms with van der Waals surface area (Å²) in [6, 6.07) is 8.65. The summed E-state index contributed by atoms with van der Waals surface area (Å²) in [5.41, 5.74) is 3.20. The van der Waals surface area contributed by atoms with Crippen LogP contribution in [0, 0.1) is 0 Å². The van der Waals surface area contributed by atoms with Crippen molar-refractivity contribution >= 4 is 29.3 Å². The Morgan fingerprint density at radius 1 is 1.35 bits per heavy atom. The van der Waals surface area contributed by atoms with Crippen molar-refractivity contribution in [1.82, 2.24) is 21.1 Å². The molecule has 23 heavy (non-hydrogen) atoms. The Kier molecular flexibility index (Phi) is 5.00. The van der Waals surface area contributed by atoms with Crippen LogP contribution in [0.5, 0.6) is 0 Å². The minimum absolute atomic E-state index is 0.191. The van der Waals surface area contributed by atoms with Crippen LogP contribution >= 0.6 is 12.2 Å². The van der Waals surface area contributed by atoms with Crippen LogP contribution in [0.15, 0.2) is 42.5 Å². The van der Waals surface area contributed by atoms with Crippen molar-refractivity contribution in [2.75, 3.05) is 6.54 Å². The number of benzene rings is 1. The topological polar surface area (TPSA) is 73.5 Å². The summed E-state index contributed by atoms with van der Waals surface area (Å²) < 4.78 is 0. The number of hydrogen-bond acceptors (Lipinski definition) is 3. The number of hydrazine groups is 1. The molecular formula is C16H20N4O2S. The van der Waals surface area contributed by atoms with Crippen LogP contribution in [-0.2, 0) is 10.3 Å². The van der Waals surface area contributed by atoms with Gasteiger partial charge in [0.15, 0.2) is 5.11 Å². The Hall–Kier alpha value is -2.41. The van der Waals surface area contributed by atoms with Gasteiger partial charge in [-0.15, -0.1) is 0 Å². The molecule has 0 unspecified atom stereocenters. The molecule has 1 aromatic carbocycles. The van der Waals surface area contributed by atoms with Crippen molar-refractivity contribution in [3.05, 3.63) is 48.0 Å². The number of hydrogen-bond donors (Lipinski definition) is 3. The summed E-state index contributed by atoms with van der Waals surface area (Å²) in [6.45, 7) is 7.92. The lowest BCUT2D eigenvalue weighted by Gasteiger charge is -2.25. The Labute approximate surface area is 140 Å². The van der Waals surface area contributed by atoms with E-state index < -0.39 is 11.6 Å². The van der Waals surface area contributed by atoms with Crippen molar-refractivity contribution in [2.24, 2.45) is 0 Å². The van der Waals surface area contributed by atoms with Gasteiger partial charge >= 0.3 is 6.03 Å². The Morgan fingerprint density at radius 2 is 2.00 bits per heavy atom. The first-order valence-electron chi connectivity index (χ1n) is 7.32. The molecule has 0 spiro atoms. The van der Waals surface area contributed by atoms with Gasteiger partial charge in [0.2, 0.25) is 0 Å². The van der Waals surface area contributed by atoms with Gasteiger partial charge in [-0.3, -0.25) is 10.2 Å². The molecule has 7 heteroatoms. The molecule has 1 aromatic rings. The summed E-state index contributed by atoms with van der Waals surface area (Å²) >= 11 is 5.11. The SMILES string of the molecule is C=C(C)CNC(=S)NN1C(=O)N[C@](CC)(c2ccccc2)C1=O. The lowest BCUT2D eigenvalue weighted by Crippen LogP contribution is -2.51. The molecule has 0 saturated carbocycles. The fraction of sp³-hybridized carbons (Fsp3) is 0.312. The molecule has 1 atom stereocenters. The summed E-state index contributed by atoms with van der Waals surface area (Å²) in [4.78, 5) is 25.1. The summed E-state index contributed by atoms with van der Waals surface area (Å²) in [5.74, 6) is -0.379. The predicted molar refractivity (Wildman–Crippen MR) is 92.3 cm³/mol. The maximum Gasteiger partial charge on any atom is 0.344 e. The van der Waals surface area contributed by atoms with Crippen molar-refractivity contribution in [1.29, 1.82) is 0 Å². The van der Waals surface area contributed by atoms with Gasteiger partial charge in [-0.1, -0.05) is 49.4 Å². The van der Waals surface area contributed by atoms with E-state index in [-0.39, 0.29) is 11.0 Å². The molecule has 1 fully saturated rings. The smallest absolute Gasteiger partial charge is 0.344 e. The number of thiocarbonyl (C=S) groups is 1. The summed E-state index contributed by atoms with van der Waals surface area (Å²) in [7, 11) is 0. The summed E-state index contributed by atoms with van der Waals surface area (Å²) in [6.07, 6.45) is 0.436. The van der Waals surface area contributed by atoms with Gasteiger partial charge in [-0.05, 0) is 31.1 Å². The number of carbonyl (C=O) groups is 2. The van der Waals surface area contributed by atoms with Crippen LogP contribution in [0.4, 0.5) is 4.79 Å². The van der Waals surface area contributed by atoms with Crippen LogP contribution in [0.3, 0.4) is 0 Å². The van der Waals surface area contributed by atoms with Crippen LogP contribution < -0.4 is 16.1 Å². The predicted octanol–water partition coefficient (Wildman–Crippen LogP) is 1.80. The maximum atomic E-state index is 12.8. The Morgan fingerprint density at radius 3 is 2.57 bits per heavy atom. The lowest BCUT2D eigenvalue weighted by molar-refractivity contribution is -0.133. The fourth-order valence-corrected chi connectivity index (χ4v) is 2.57. The molecule has 0 aliphatic carbocycles. The van der Waals surface area contributed by atoms with Crippen LogP contribution in [-0.4, -0.2) is 28.6 Å². The molecule has 122 valence electrons. The van der Waals surface area contributed by atoms with Crippen LogP contribution in [0.25, 0.3) is 0 Å². The van der Waals surface area contributed by atoms with E-state index in [0.29, 0.717) is 13.0 Å². The number of imide groups is 1. The van der Waals surface area contributed by atoms with Crippen LogP contribution in [0.2, 0.25) is 0 Å². The van der Waals surface area contributed by atoms with Crippen molar-refractivity contribution in [2.45, 2.75) is 25.8 Å². The van der Waals surface area contributed by atoms with Crippen molar-refractivity contribution in [3.8, 4) is 0 Å². The van der Waals surface area contributed by atoms with Crippen molar-refractivity contribution < 1.29 is 9.59 Å². The molecule has 3 amide bonds. The van der Waals surface area contributed by atoms with E-state index in [9.17, 15) is 9.59 Å². The molecule has 1 aliphatic rings. The number of urea groups is 1. The Balaban J connectivity index is 2.19.